The second kappa shape index (κ2) is 51.5. The van der Waals surface area contributed by atoms with Crippen LogP contribution in [0.1, 0.15) is 303 Å². The number of carbonyl (C=O) groups excluding carboxylic acids is 3. The van der Waals surface area contributed by atoms with Gasteiger partial charge >= 0.3 is 0 Å². The molecule has 18 heteroatoms. The summed E-state index contributed by atoms with van der Waals surface area (Å²) in [4.78, 5) is 37.9. The Labute approximate surface area is 484 Å². The molecule has 0 bridgehead atoms. The van der Waals surface area contributed by atoms with Crippen molar-refractivity contribution in [3.63, 3.8) is 0 Å². The minimum Gasteiger partial charge on any atom is -0.356 e. The van der Waals surface area contributed by atoms with E-state index in [1.807, 2.05) is 0 Å². The van der Waals surface area contributed by atoms with Crippen molar-refractivity contribution >= 4 is 48.1 Å². The third-order valence-corrected chi connectivity index (χ3v) is 17.9. The first-order valence-electron chi connectivity index (χ1n) is 32.2. The van der Waals surface area contributed by atoms with Crippen LogP contribution in [0.15, 0.2) is 11.6 Å². The van der Waals surface area contributed by atoms with Crippen molar-refractivity contribution in [1.29, 1.82) is 0 Å². The van der Waals surface area contributed by atoms with E-state index in [2.05, 4.69) is 42.8 Å². The lowest BCUT2D eigenvalue weighted by atomic mass is 9.68. The van der Waals surface area contributed by atoms with E-state index in [0.29, 0.717) is 43.4 Å². The van der Waals surface area contributed by atoms with Crippen LogP contribution in [0.2, 0.25) is 0 Å². The molecule has 0 spiro atoms. The molecule has 0 aromatic carbocycles. The lowest BCUT2D eigenvalue weighted by Crippen LogP contribution is -2.28. The maximum Gasteiger partial charge on any atom is 0.266 e. The zero-order chi connectivity index (χ0) is 58.7. The quantitative estimate of drug-likeness (QED) is 0.0189. The van der Waals surface area contributed by atoms with Crippen LogP contribution in [0.4, 0.5) is 0 Å². The van der Waals surface area contributed by atoms with Gasteiger partial charge in [0.1, 0.15) is 0 Å². The third-order valence-electron chi connectivity index (χ3n) is 15.7. The SMILES string of the molecule is CCCCCCCCCCC=C(CCCCCC(=O)NCCS(=O)(=O)O)C(CCCCCC(=O)NCCCS(=O)(=O)O)C(CCCCCCCCCC)C(CCCCCCCCC)CCCCCCCC(=O)NCCS(=O)(=O)O. The summed E-state index contributed by atoms with van der Waals surface area (Å²) in [5.41, 5.74) is 1.56. The molecule has 0 aromatic rings. The normalized spacial score (nSPS) is 13.6. The number of hydrogen-bond donors (Lipinski definition) is 6. The van der Waals surface area contributed by atoms with E-state index in [-0.39, 0.29) is 49.5 Å². The molecule has 0 saturated heterocycles. The molecule has 0 saturated carbocycles. The van der Waals surface area contributed by atoms with E-state index in [1.54, 1.807) is 5.57 Å². The minimum absolute atomic E-state index is 0.0983. The van der Waals surface area contributed by atoms with Gasteiger partial charge in [0.25, 0.3) is 30.4 Å². The molecule has 3 amide bonds. The van der Waals surface area contributed by atoms with Gasteiger partial charge in [-0.3, -0.25) is 28.0 Å². The molecule has 3 unspecified atom stereocenters. The van der Waals surface area contributed by atoms with Crippen LogP contribution in [0.25, 0.3) is 0 Å². The van der Waals surface area contributed by atoms with Crippen LogP contribution in [0.3, 0.4) is 0 Å². The van der Waals surface area contributed by atoms with Crippen molar-refractivity contribution in [2.75, 3.05) is 36.9 Å². The highest BCUT2D eigenvalue weighted by Crippen LogP contribution is 2.42. The van der Waals surface area contributed by atoms with Crippen molar-refractivity contribution in [2.24, 2.45) is 17.8 Å². The maximum atomic E-state index is 12.8. The summed E-state index contributed by atoms with van der Waals surface area (Å²) in [5.74, 6) is -0.478. The summed E-state index contributed by atoms with van der Waals surface area (Å²) >= 11 is 0. The van der Waals surface area contributed by atoms with Crippen LogP contribution < -0.4 is 16.0 Å². The Kier molecular flexibility index (Phi) is 50.1. The number of amides is 3. The molecular formula is C61H119N3O12S3. The van der Waals surface area contributed by atoms with Gasteiger partial charge in [-0.05, 0) is 82.0 Å². The average Bonchev–Trinajstić information content (AvgIpc) is 3.38. The summed E-state index contributed by atoms with van der Waals surface area (Å²) in [5, 5.41) is 8.06. The molecule has 0 radical (unpaired) electrons. The molecule has 0 aliphatic carbocycles. The first-order chi connectivity index (χ1) is 37.8. The minimum atomic E-state index is -4.16. The number of unbranched alkanes of at least 4 members (excludes halogenated alkanes) is 29. The number of hydrogen-bond acceptors (Lipinski definition) is 9. The highest BCUT2D eigenvalue weighted by atomic mass is 32.2. The number of carbonyl (C=O) groups is 3. The van der Waals surface area contributed by atoms with Crippen LogP contribution in [0.5, 0.6) is 0 Å². The first kappa shape index (κ1) is 76.9. The summed E-state index contributed by atoms with van der Waals surface area (Å²) in [6.07, 6.45) is 49.2. The molecule has 15 nitrogen and oxygen atoms in total. The predicted octanol–water partition coefficient (Wildman–Crippen LogP) is 15.0. The molecule has 0 heterocycles. The third kappa shape index (κ3) is 53.6. The molecule has 0 aliphatic rings. The van der Waals surface area contributed by atoms with Gasteiger partial charge in [-0.15, -0.1) is 0 Å². The number of nitrogens with one attached hydrogen (secondary N) is 3. The van der Waals surface area contributed by atoms with Crippen molar-refractivity contribution in [2.45, 2.75) is 303 Å². The molecule has 6 N–H and O–H groups in total. The number of allylic oxidation sites excluding steroid dienone is 2. The maximum absolute atomic E-state index is 12.8. The zero-order valence-corrected chi connectivity index (χ0v) is 52.9. The van der Waals surface area contributed by atoms with Crippen LogP contribution >= 0.6 is 0 Å². The summed E-state index contributed by atoms with van der Waals surface area (Å²) in [6.45, 7) is 6.76. The van der Waals surface area contributed by atoms with Gasteiger partial charge in [-0.25, -0.2) is 0 Å². The van der Waals surface area contributed by atoms with E-state index in [1.165, 1.54) is 154 Å². The fourth-order valence-electron chi connectivity index (χ4n) is 11.1. The van der Waals surface area contributed by atoms with Gasteiger partial charge in [0.05, 0.1) is 17.3 Å². The van der Waals surface area contributed by atoms with E-state index in [4.69, 9.17) is 13.7 Å². The van der Waals surface area contributed by atoms with Crippen LogP contribution in [-0.4, -0.2) is 93.5 Å². The Morgan fingerprint density at radius 1 is 0.354 bits per heavy atom. The molecule has 79 heavy (non-hydrogen) atoms. The summed E-state index contributed by atoms with van der Waals surface area (Å²) in [6, 6.07) is 0. The molecule has 0 fully saturated rings. The number of rotatable bonds is 59. The van der Waals surface area contributed by atoms with Crippen molar-refractivity contribution in [3.8, 4) is 0 Å². The molecule has 0 aromatic heterocycles. The monoisotopic (exact) mass is 1180 g/mol. The highest BCUT2D eigenvalue weighted by Gasteiger charge is 2.31. The van der Waals surface area contributed by atoms with Crippen molar-refractivity contribution in [1.82, 2.24) is 16.0 Å². The summed E-state index contributed by atoms with van der Waals surface area (Å²) in [7, 11) is -12.4. The second-order valence-corrected chi connectivity index (χ2v) is 27.7. The van der Waals surface area contributed by atoms with Crippen LogP contribution in [0, 0.1) is 17.8 Å². The van der Waals surface area contributed by atoms with Gasteiger partial charge in [-0.2, -0.15) is 25.3 Å². The topological polar surface area (TPSA) is 250 Å². The smallest absolute Gasteiger partial charge is 0.266 e. The fourth-order valence-corrected chi connectivity index (χ4v) is 12.4. The molecule has 468 valence electrons. The van der Waals surface area contributed by atoms with E-state index >= 15 is 0 Å². The first-order valence-corrected chi connectivity index (χ1v) is 37.0. The summed E-state index contributed by atoms with van der Waals surface area (Å²) < 4.78 is 94.3. The molecule has 0 aliphatic heterocycles. The van der Waals surface area contributed by atoms with E-state index in [9.17, 15) is 39.6 Å². The Hall–Kier alpha value is -2.12. The van der Waals surface area contributed by atoms with E-state index < -0.39 is 41.9 Å². The Balaban J connectivity index is 6.88. The lowest BCUT2D eigenvalue weighted by Gasteiger charge is -2.37. The van der Waals surface area contributed by atoms with Gasteiger partial charge < -0.3 is 16.0 Å². The lowest BCUT2D eigenvalue weighted by molar-refractivity contribution is -0.122. The average molecular weight is 1180 g/mol. The predicted molar refractivity (Wildman–Crippen MR) is 327 cm³/mol. The van der Waals surface area contributed by atoms with E-state index in [0.717, 1.165) is 96.3 Å². The Bertz CT molecular complexity index is 1860. The highest BCUT2D eigenvalue weighted by molar-refractivity contribution is 7.86. The Morgan fingerprint density at radius 2 is 0.671 bits per heavy atom. The Morgan fingerprint density at radius 3 is 1.09 bits per heavy atom. The largest absolute Gasteiger partial charge is 0.356 e. The molecular weight excluding hydrogens is 1060 g/mol. The second-order valence-electron chi connectivity index (χ2n) is 23.0. The van der Waals surface area contributed by atoms with Crippen LogP contribution in [-0.2, 0) is 44.7 Å². The standard InChI is InChI=1S/C61H119N3O12S3/c1-4-7-10-13-16-18-20-24-31-41-56(43-33-28-37-48-61(67)64-51-54-79(74,75)76)58(45-35-29-38-47-59(65)62-49-39-52-77(68,69)70)57(44-34-26-21-17-14-11-8-5-2)55(40-30-23-19-15-12-9-6-3)42-32-25-22-27-36-46-60(66)63-50-53-78(71,72)73/h41,55,57-58H,4-40,42-54H2,1-3H3,(H,62,65)(H,63,66)(H,64,67)(H,68,69,70)(H,71,72,73)(H,74,75,76). The van der Waals surface area contributed by atoms with Gasteiger partial charge in [0, 0.05) is 38.9 Å². The zero-order valence-electron chi connectivity index (χ0n) is 50.4. The van der Waals surface area contributed by atoms with Gasteiger partial charge in [-0.1, -0.05) is 231 Å². The van der Waals surface area contributed by atoms with Gasteiger partial charge in [0.15, 0.2) is 0 Å². The molecule has 3 atom stereocenters. The fraction of sp³-hybridized carbons (Fsp3) is 0.918. The van der Waals surface area contributed by atoms with Gasteiger partial charge in [0.2, 0.25) is 17.7 Å². The van der Waals surface area contributed by atoms with Crippen molar-refractivity contribution in [3.05, 3.63) is 11.6 Å². The van der Waals surface area contributed by atoms with Crippen molar-refractivity contribution < 1.29 is 53.3 Å². The molecule has 0 rings (SSSR count).